The van der Waals surface area contributed by atoms with Crippen LogP contribution >= 0.6 is 0 Å². The predicted octanol–water partition coefficient (Wildman–Crippen LogP) is 0.122. The summed E-state index contributed by atoms with van der Waals surface area (Å²) < 4.78 is 5.24. The van der Waals surface area contributed by atoms with E-state index >= 15 is 0 Å². The topological polar surface area (TPSA) is 84.7 Å². The minimum absolute atomic E-state index is 0.0899. The molecule has 0 radical (unpaired) electrons. The minimum Gasteiger partial charge on any atom is -0.378 e. The molecule has 3 N–H and O–H groups in total. The van der Waals surface area contributed by atoms with Gasteiger partial charge in [0.05, 0.1) is 19.3 Å². The molecule has 1 heterocycles. The average Bonchev–Trinajstić information content (AvgIpc) is 2.53. The van der Waals surface area contributed by atoms with E-state index in [-0.39, 0.29) is 11.9 Å². The fourth-order valence-electron chi connectivity index (χ4n) is 2.20. The molecule has 1 unspecified atom stereocenters. The van der Waals surface area contributed by atoms with E-state index in [0.29, 0.717) is 38.4 Å². The van der Waals surface area contributed by atoms with Crippen molar-refractivity contribution in [2.45, 2.75) is 19.5 Å². The van der Waals surface area contributed by atoms with E-state index in [1.807, 2.05) is 24.0 Å². The second-order valence-corrected chi connectivity index (χ2v) is 5.10. The van der Waals surface area contributed by atoms with Gasteiger partial charge in [0.2, 0.25) is 11.8 Å². The SMILES string of the molecule is CC(NCc1ccc(C(N)=O)cc1)C(=O)N1CCOCC1. The summed E-state index contributed by atoms with van der Waals surface area (Å²) >= 11 is 0. The molecule has 6 nitrogen and oxygen atoms in total. The molecule has 1 aromatic rings. The van der Waals surface area contributed by atoms with Gasteiger partial charge in [-0.25, -0.2) is 0 Å². The number of carbonyl (C=O) groups is 2. The Bertz CT molecular complexity index is 495. The zero-order chi connectivity index (χ0) is 15.2. The Hall–Kier alpha value is -1.92. The van der Waals surface area contributed by atoms with Gasteiger partial charge in [0, 0.05) is 25.2 Å². The van der Waals surface area contributed by atoms with Gasteiger partial charge in [0.25, 0.3) is 0 Å². The number of amides is 2. The molecule has 0 saturated carbocycles. The number of nitrogens with one attached hydrogen (secondary N) is 1. The molecule has 114 valence electrons. The van der Waals surface area contributed by atoms with Gasteiger partial charge in [-0.15, -0.1) is 0 Å². The third-order valence-corrected chi connectivity index (χ3v) is 3.54. The highest BCUT2D eigenvalue weighted by Crippen LogP contribution is 2.05. The molecule has 0 spiro atoms. The van der Waals surface area contributed by atoms with E-state index in [2.05, 4.69) is 5.32 Å². The molecular formula is C15H21N3O3. The molecule has 0 bridgehead atoms. The summed E-state index contributed by atoms with van der Waals surface area (Å²) in [6.45, 7) is 4.93. The van der Waals surface area contributed by atoms with Crippen LogP contribution in [0.3, 0.4) is 0 Å². The molecule has 1 aliphatic rings. The second-order valence-electron chi connectivity index (χ2n) is 5.10. The smallest absolute Gasteiger partial charge is 0.248 e. The van der Waals surface area contributed by atoms with Gasteiger partial charge in [-0.2, -0.15) is 0 Å². The summed E-state index contributed by atoms with van der Waals surface area (Å²) in [5.74, 6) is -0.350. The Morgan fingerprint density at radius 1 is 1.29 bits per heavy atom. The predicted molar refractivity (Wildman–Crippen MR) is 78.7 cm³/mol. The maximum Gasteiger partial charge on any atom is 0.248 e. The van der Waals surface area contributed by atoms with Crippen LogP contribution in [-0.2, 0) is 16.1 Å². The fraction of sp³-hybridized carbons (Fsp3) is 0.467. The monoisotopic (exact) mass is 291 g/mol. The lowest BCUT2D eigenvalue weighted by molar-refractivity contribution is -0.137. The summed E-state index contributed by atoms with van der Waals surface area (Å²) in [5, 5.41) is 3.20. The molecule has 0 aliphatic carbocycles. The number of nitrogens with zero attached hydrogens (tertiary/aromatic N) is 1. The molecule has 1 atom stereocenters. The van der Waals surface area contributed by atoms with Crippen molar-refractivity contribution in [3.05, 3.63) is 35.4 Å². The van der Waals surface area contributed by atoms with E-state index in [9.17, 15) is 9.59 Å². The highest BCUT2D eigenvalue weighted by Gasteiger charge is 2.21. The summed E-state index contributed by atoms with van der Waals surface area (Å²) in [7, 11) is 0. The lowest BCUT2D eigenvalue weighted by Gasteiger charge is -2.29. The molecule has 21 heavy (non-hydrogen) atoms. The van der Waals surface area contributed by atoms with Gasteiger partial charge in [-0.1, -0.05) is 12.1 Å². The van der Waals surface area contributed by atoms with Crippen molar-refractivity contribution >= 4 is 11.8 Å². The van der Waals surface area contributed by atoms with E-state index in [0.717, 1.165) is 5.56 Å². The molecule has 6 heteroatoms. The zero-order valence-electron chi connectivity index (χ0n) is 12.2. The molecule has 1 aromatic carbocycles. The average molecular weight is 291 g/mol. The van der Waals surface area contributed by atoms with Crippen molar-refractivity contribution in [3.63, 3.8) is 0 Å². The van der Waals surface area contributed by atoms with Crippen LogP contribution in [0.15, 0.2) is 24.3 Å². The van der Waals surface area contributed by atoms with E-state index in [1.54, 1.807) is 12.1 Å². The Labute approximate surface area is 124 Å². The standard InChI is InChI=1S/C15H21N3O3/c1-11(15(20)18-6-8-21-9-7-18)17-10-12-2-4-13(5-3-12)14(16)19/h2-5,11,17H,6-10H2,1H3,(H2,16,19). The number of hydrogen-bond acceptors (Lipinski definition) is 4. The van der Waals surface area contributed by atoms with E-state index < -0.39 is 5.91 Å². The van der Waals surface area contributed by atoms with Gasteiger partial charge >= 0.3 is 0 Å². The quantitative estimate of drug-likeness (QED) is 0.807. The highest BCUT2D eigenvalue weighted by molar-refractivity contribution is 5.92. The van der Waals surface area contributed by atoms with Crippen LogP contribution < -0.4 is 11.1 Å². The van der Waals surface area contributed by atoms with Crippen molar-refractivity contribution in [2.24, 2.45) is 5.73 Å². The van der Waals surface area contributed by atoms with Crippen molar-refractivity contribution in [1.29, 1.82) is 0 Å². The Kier molecular flexibility index (Phi) is 5.30. The summed E-state index contributed by atoms with van der Waals surface area (Å²) in [6.07, 6.45) is 0. The Balaban J connectivity index is 1.83. The Morgan fingerprint density at radius 3 is 2.48 bits per heavy atom. The first-order valence-corrected chi connectivity index (χ1v) is 7.06. The van der Waals surface area contributed by atoms with Crippen LogP contribution in [0.2, 0.25) is 0 Å². The first-order chi connectivity index (χ1) is 10.1. The molecule has 1 saturated heterocycles. The molecular weight excluding hydrogens is 270 g/mol. The lowest BCUT2D eigenvalue weighted by Crippen LogP contribution is -2.49. The van der Waals surface area contributed by atoms with Crippen LogP contribution in [0.1, 0.15) is 22.8 Å². The van der Waals surface area contributed by atoms with Gasteiger partial charge in [-0.05, 0) is 24.6 Å². The number of morpholine rings is 1. The van der Waals surface area contributed by atoms with Crippen LogP contribution in [0.25, 0.3) is 0 Å². The largest absolute Gasteiger partial charge is 0.378 e. The molecule has 1 fully saturated rings. The molecule has 0 aromatic heterocycles. The molecule has 2 rings (SSSR count). The molecule has 1 aliphatic heterocycles. The van der Waals surface area contributed by atoms with Crippen LogP contribution in [0.4, 0.5) is 0 Å². The van der Waals surface area contributed by atoms with Gasteiger partial charge in [-0.3, -0.25) is 9.59 Å². The summed E-state index contributed by atoms with van der Waals surface area (Å²) in [6, 6.07) is 6.79. The lowest BCUT2D eigenvalue weighted by atomic mass is 10.1. The maximum atomic E-state index is 12.2. The zero-order valence-corrected chi connectivity index (χ0v) is 12.2. The van der Waals surface area contributed by atoms with Crippen molar-refractivity contribution in [3.8, 4) is 0 Å². The van der Waals surface area contributed by atoms with Crippen LogP contribution in [-0.4, -0.2) is 49.1 Å². The number of hydrogen-bond donors (Lipinski definition) is 2. The number of carbonyl (C=O) groups excluding carboxylic acids is 2. The first kappa shape index (κ1) is 15.5. The second kappa shape index (κ2) is 7.19. The van der Waals surface area contributed by atoms with E-state index in [4.69, 9.17) is 10.5 Å². The highest BCUT2D eigenvalue weighted by atomic mass is 16.5. The van der Waals surface area contributed by atoms with Crippen molar-refractivity contribution in [1.82, 2.24) is 10.2 Å². The number of nitrogens with two attached hydrogens (primary N) is 1. The number of ether oxygens (including phenoxy) is 1. The number of primary amides is 1. The van der Waals surface area contributed by atoms with Gasteiger partial charge in [0.15, 0.2) is 0 Å². The normalized spacial score (nSPS) is 16.5. The third-order valence-electron chi connectivity index (χ3n) is 3.54. The Morgan fingerprint density at radius 2 is 1.90 bits per heavy atom. The van der Waals surface area contributed by atoms with Gasteiger partial charge in [0.1, 0.15) is 0 Å². The first-order valence-electron chi connectivity index (χ1n) is 7.06. The van der Waals surface area contributed by atoms with Crippen LogP contribution in [0.5, 0.6) is 0 Å². The van der Waals surface area contributed by atoms with Crippen molar-refractivity contribution < 1.29 is 14.3 Å². The maximum absolute atomic E-state index is 12.2. The summed E-state index contributed by atoms with van der Waals surface area (Å²) in [4.78, 5) is 25.0. The minimum atomic E-state index is -0.439. The number of benzene rings is 1. The third kappa shape index (κ3) is 4.27. The van der Waals surface area contributed by atoms with Crippen molar-refractivity contribution in [2.75, 3.05) is 26.3 Å². The summed E-state index contributed by atoms with van der Waals surface area (Å²) in [5.41, 5.74) is 6.68. The van der Waals surface area contributed by atoms with E-state index in [1.165, 1.54) is 0 Å². The van der Waals surface area contributed by atoms with Crippen LogP contribution in [0, 0.1) is 0 Å². The number of rotatable bonds is 5. The fourth-order valence-corrected chi connectivity index (χ4v) is 2.20. The van der Waals surface area contributed by atoms with Gasteiger partial charge < -0.3 is 20.7 Å². The molecule has 2 amide bonds.